The van der Waals surface area contributed by atoms with E-state index in [9.17, 15) is 0 Å². The van der Waals surface area contributed by atoms with E-state index in [4.69, 9.17) is 22.7 Å². The molecule has 0 atom stereocenters. The number of unbranched alkanes of at least 4 members (excludes halogenated alkanes) is 1. The zero-order valence-electron chi connectivity index (χ0n) is 9.75. The van der Waals surface area contributed by atoms with Crippen LogP contribution in [0, 0.1) is 0 Å². The minimum atomic E-state index is 0.404. The zero-order valence-corrected chi connectivity index (χ0v) is 10.6. The van der Waals surface area contributed by atoms with E-state index < -0.39 is 0 Å². The highest BCUT2D eigenvalue weighted by molar-refractivity contribution is 7.80. The van der Waals surface area contributed by atoms with E-state index in [-0.39, 0.29) is 0 Å². The summed E-state index contributed by atoms with van der Waals surface area (Å²) in [6.07, 6.45) is 2.27. The van der Waals surface area contributed by atoms with Gasteiger partial charge in [0.15, 0.2) is 0 Å². The van der Waals surface area contributed by atoms with Gasteiger partial charge in [-0.25, -0.2) is 0 Å². The maximum Gasteiger partial charge on any atom is 0.120 e. The van der Waals surface area contributed by atoms with Gasteiger partial charge in [-0.05, 0) is 18.6 Å². The van der Waals surface area contributed by atoms with Crippen LogP contribution in [0.4, 0.5) is 5.69 Å². The second kappa shape index (κ2) is 6.33. The minimum Gasteiger partial charge on any atom is -0.497 e. The van der Waals surface area contributed by atoms with Crippen molar-refractivity contribution in [3.63, 3.8) is 0 Å². The molecule has 0 bridgehead atoms. The fraction of sp³-hybridized carbons (Fsp3) is 0.417. The average molecular weight is 238 g/mol. The number of nitrogens with one attached hydrogen (secondary N) is 1. The average Bonchev–Trinajstić information content (AvgIpc) is 2.29. The van der Waals surface area contributed by atoms with Gasteiger partial charge in [0.05, 0.1) is 7.11 Å². The van der Waals surface area contributed by atoms with Crippen molar-refractivity contribution in [2.24, 2.45) is 5.73 Å². The normalized spacial score (nSPS) is 9.88. The number of benzene rings is 1. The molecule has 0 saturated carbocycles. The molecule has 88 valence electrons. The summed E-state index contributed by atoms with van der Waals surface area (Å²) >= 11 is 5.00. The first-order valence-corrected chi connectivity index (χ1v) is 5.81. The summed E-state index contributed by atoms with van der Waals surface area (Å²) in [7, 11) is 1.64. The van der Waals surface area contributed by atoms with E-state index in [0.29, 0.717) is 4.99 Å². The highest BCUT2D eigenvalue weighted by Gasteiger charge is 2.06. The van der Waals surface area contributed by atoms with Crippen LogP contribution in [-0.2, 0) is 0 Å². The predicted octanol–water partition coefficient (Wildman–Crippen LogP) is 2.54. The van der Waals surface area contributed by atoms with E-state index >= 15 is 0 Å². The Bertz CT molecular complexity index is 366. The third kappa shape index (κ3) is 3.38. The van der Waals surface area contributed by atoms with Gasteiger partial charge in [-0.1, -0.05) is 25.6 Å². The largest absolute Gasteiger partial charge is 0.497 e. The van der Waals surface area contributed by atoms with Crippen LogP contribution in [0.3, 0.4) is 0 Å². The molecule has 4 heteroatoms. The summed E-state index contributed by atoms with van der Waals surface area (Å²) in [6, 6.07) is 5.67. The summed E-state index contributed by atoms with van der Waals surface area (Å²) in [5, 5.41) is 3.32. The van der Waals surface area contributed by atoms with Crippen molar-refractivity contribution in [3.05, 3.63) is 23.8 Å². The van der Waals surface area contributed by atoms with Crippen LogP contribution in [0.25, 0.3) is 0 Å². The van der Waals surface area contributed by atoms with Crippen molar-refractivity contribution >= 4 is 22.9 Å². The summed E-state index contributed by atoms with van der Waals surface area (Å²) in [5.41, 5.74) is 7.47. The molecule has 0 spiro atoms. The Labute approximate surface area is 102 Å². The van der Waals surface area contributed by atoms with E-state index in [0.717, 1.165) is 36.4 Å². The lowest BCUT2D eigenvalue weighted by atomic mass is 10.1. The number of anilines is 1. The van der Waals surface area contributed by atoms with Gasteiger partial charge in [0, 0.05) is 23.9 Å². The van der Waals surface area contributed by atoms with Gasteiger partial charge >= 0.3 is 0 Å². The predicted molar refractivity (Wildman–Crippen MR) is 72.3 cm³/mol. The first-order valence-electron chi connectivity index (χ1n) is 5.40. The van der Waals surface area contributed by atoms with Gasteiger partial charge in [-0.3, -0.25) is 0 Å². The minimum absolute atomic E-state index is 0.404. The van der Waals surface area contributed by atoms with Crippen molar-refractivity contribution in [2.45, 2.75) is 19.8 Å². The molecular formula is C12H18N2OS. The molecule has 0 amide bonds. The van der Waals surface area contributed by atoms with Crippen molar-refractivity contribution in [3.8, 4) is 5.75 Å². The lowest BCUT2D eigenvalue weighted by Gasteiger charge is -2.12. The molecule has 1 rings (SSSR count). The Balaban J connectivity index is 2.87. The van der Waals surface area contributed by atoms with Gasteiger partial charge in [0.25, 0.3) is 0 Å². The molecule has 0 aliphatic rings. The van der Waals surface area contributed by atoms with Gasteiger partial charge in [0.2, 0.25) is 0 Å². The summed E-state index contributed by atoms with van der Waals surface area (Å²) in [5.74, 6) is 0.805. The molecule has 3 N–H and O–H groups in total. The van der Waals surface area contributed by atoms with Gasteiger partial charge in [-0.15, -0.1) is 0 Å². The first kappa shape index (κ1) is 12.8. The second-order valence-corrected chi connectivity index (χ2v) is 4.00. The number of nitrogens with two attached hydrogens (primary N) is 1. The Morgan fingerprint density at radius 1 is 1.50 bits per heavy atom. The molecule has 16 heavy (non-hydrogen) atoms. The molecule has 0 aliphatic heterocycles. The number of hydrogen-bond acceptors (Lipinski definition) is 3. The SMILES string of the molecule is CCCCNc1cc(OC)ccc1C(N)=S. The van der Waals surface area contributed by atoms with Crippen LogP contribution in [0.2, 0.25) is 0 Å². The molecule has 0 heterocycles. The highest BCUT2D eigenvalue weighted by atomic mass is 32.1. The molecule has 0 aliphatic carbocycles. The number of methoxy groups -OCH3 is 1. The first-order chi connectivity index (χ1) is 7.69. The monoisotopic (exact) mass is 238 g/mol. The lowest BCUT2D eigenvalue weighted by molar-refractivity contribution is 0.415. The van der Waals surface area contributed by atoms with Gasteiger partial charge in [-0.2, -0.15) is 0 Å². The smallest absolute Gasteiger partial charge is 0.120 e. The summed E-state index contributed by atoms with van der Waals surface area (Å²) in [4.78, 5) is 0.404. The third-order valence-electron chi connectivity index (χ3n) is 2.34. The molecule has 1 aromatic rings. The van der Waals surface area contributed by atoms with E-state index in [1.807, 2.05) is 18.2 Å². The van der Waals surface area contributed by atoms with Crippen LogP contribution < -0.4 is 15.8 Å². The fourth-order valence-corrected chi connectivity index (χ4v) is 1.59. The molecule has 0 fully saturated rings. The molecule has 0 unspecified atom stereocenters. The maximum atomic E-state index is 5.66. The Morgan fingerprint density at radius 2 is 2.25 bits per heavy atom. The van der Waals surface area contributed by atoms with Crippen LogP contribution in [0.1, 0.15) is 25.3 Å². The van der Waals surface area contributed by atoms with Crippen molar-refractivity contribution in [1.82, 2.24) is 0 Å². The standard InChI is InChI=1S/C12H18N2OS/c1-3-4-7-14-11-8-9(15-2)5-6-10(11)12(13)16/h5-6,8,14H,3-4,7H2,1-2H3,(H2,13,16). The summed E-state index contributed by atoms with van der Waals surface area (Å²) < 4.78 is 5.17. The van der Waals surface area contributed by atoms with Crippen molar-refractivity contribution in [1.29, 1.82) is 0 Å². The Morgan fingerprint density at radius 3 is 2.81 bits per heavy atom. The molecular weight excluding hydrogens is 220 g/mol. The topological polar surface area (TPSA) is 47.3 Å². The highest BCUT2D eigenvalue weighted by Crippen LogP contribution is 2.22. The van der Waals surface area contributed by atoms with Crippen LogP contribution in [0.15, 0.2) is 18.2 Å². The zero-order chi connectivity index (χ0) is 12.0. The molecule has 0 radical (unpaired) electrons. The fourth-order valence-electron chi connectivity index (χ4n) is 1.41. The Hall–Kier alpha value is -1.29. The van der Waals surface area contributed by atoms with Crippen LogP contribution in [-0.4, -0.2) is 18.6 Å². The molecule has 0 saturated heterocycles. The molecule has 1 aromatic carbocycles. The lowest BCUT2D eigenvalue weighted by Crippen LogP contribution is -2.13. The van der Waals surface area contributed by atoms with Crippen molar-refractivity contribution < 1.29 is 4.74 Å². The van der Waals surface area contributed by atoms with Crippen molar-refractivity contribution in [2.75, 3.05) is 19.0 Å². The van der Waals surface area contributed by atoms with E-state index in [1.54, 1.807) is 7.11 Å². The maximum absolute atomic E-state index is 5.66. The molecule has 3 nitrogen and oxygen atoms in total. The second-order valence-electron chi connectivity index (χ2n) is 3.56. The van der Waals surface area contributed by atoms with Gasteiger partial charge < -0.3 is 15.8 Å². The van der Waals surface area contributed by atoms with Crippen LogP contribution >= 0.6 is 12.2 Å². The van der Waals surface area contributed by atoms with Crippen LogP contribution in [0.5, 0.6) is 5.75 Å². The summed E-state index contributed by atoms with van der Waals surface area (Å²) in [6.45, 7) is 3.07. The number of hydrogen-bond donors (Lipinski definition) is 2. The number of ether oxygens (including phenoxy) is 1. The third-order valence-corrected chi connectivity index (χ3v) is 2.56. The number of thiocarbonyl (C=S) groups is 1. The van der Waals surface area contributed by atoms with Gasteiger partial charge in [0.1, 0.15) is 10.7 Å². The quantitative estimate of drug-likeness (QED) is 0.590. The number of rotatable bonds is 6. The van der Waals surface area contributed by atoms with E-state index in [1.165, 1.54) is 0 Å². The molecule has 0 aromatic heterocycles. The van der Waals surface area contributed by atoms with E-state index in [2.05, 4.69) is 12.2 Å². The Kier molecular flexibility index (Phi) is 5.05.